The van der Waals surface area contributed by atoms with Crippen molar-refractivity contribution < 1.29 is 9.15 Å². The van der Waals surface area contributed by atoms with Gasteiger partial charge in [0.05, 0.1) is 21.0 Å². The molecule has 4 aliphatic rings. The Labute approximate surface area is 370 Å². The molecule has 14 rings (SSSR count). The van der Waals surface area contributed by atoms with Gasteiger partial charge in [0.15, 0.2) is 5.58 Å². The minimum absolute atomic E-state index is 0.0440. The second-order valence-electron chi connectivity index (χ2n) is 19.2. The molecule has 4 nitrogen and oxygen atoms in total. The van der Waals surface area contributed by atoms with Crippen LogP contribution in [-0.2, 0) is 10.8 Å². The molecular formula is C57H41BN2O2S. The van der Waals surface area contributed by atoms with Crippen molar-refractivity contribution in [2.45, 2.75) is 55.2 Å². The third-order valence-electron chi connectivity index (χ3n) is 14.3. The first-order valence-electron chi connectivity index (χ1n) is 22.0. The summed E-state index contributed by atoms with van der Waals surface area (Å²) in [5.74, 6) is 1.78. The van der Waals surface area contributed by atoms with Gasteiger partial charge < -0.3 is 18.5 Å². The summed E-state index contributed by atoms with van der Waals surface area (Å²) in [6.07, 6.45) is 0. The van der Waals surface area contributed by atoms with Crippen LogP contribution >= 0.6 is 11.8 Å². The minimum atomic E-state index is -0.252. The number of hydrogen-bond donors (Lipinski definition) is 0. The number of rotatable bonds is 2. The first-order chi connectivity index (χ1) is 30.6. The maximum absolute atomic E-state index is 6.91. The van der Waals surface area contributed by atoms with Crippen LogP contribution in [0.25, 0.3) is 66.4 Å². The lowest BCUT2D eigenvalue weighted by molar-refractivity contribution is 0.455. The van der Waals surface area contributed by atoms with Crippen LogP contribution in [0, 0.1) is 0 Å². The molecule has 5 heterocycles. The molecule has 0 saturated heterocycles. The molecule has 0 radical (unpaired) electrons. The van der Waals surface area contributed by atoms with Crippen LogP contribution in [-0.4, -0.2) is 11.3 Å². The fourth-order valence-corrected chi connectivity index (χ4v) is 12.5. The van der Waals surface area contributed by atoms with Gasteiger partial charge >= 0.3 is 6.85 Å². The standard InChI is InChI=1S/C57H41BN2O2S/c1-56(2,3)33-26-27-42(38(28-33)32-16-7-6-8-17-32)59-43-31-49-47(61-46-24-13-14-25-48(46)63-49)30-41(43)58-52-44(59)29-39-34-18-9-11-22-40(34)57(4,5)51(39)50(52)36-20-15-21-37-53(36)60(58)54-35-19-10-12-23-45(35)62-55(37)54/h6-31H,1-5H3. The van der Waals surface area contributed by atoms with Crippen molar-refractivity contribution in [2.24, 2.45) is 0 Å². The number of benzene rings is 8. The number of nitrogens with zero attached hydrogens (tertiary/aromatic N) is 2. The topological polar surface area (TPSA) is 30.5 Å². The maximum atomic E-state index is 6.91. The van der Waals surface area contributed by atoms with Crippen LogP contribution in [0.4, 0.5) is 17.1 Å². The first kappa shape index (κ1) is 35.7. The average Bonchev–Trinajstić information content (AvgIpc) is 3.91. The molecule has 0 spiro atoms. The molecule has 0 amide bonds. The summed E-state index contributed by atoms with van der Waals surface area (Å²) in [5.41, 5.74) is 21.6. The average molecular weight is 829 g/mol. The Morgan fingerprint density at radius 2 is 1.35 bits per heavy atom. The van der Waals surface area contributed by atoms with E-state index in [0.29, 0.717) is 0 Å². The second-order valence-corrected chi connectivity index (χ2v) is 20.3. The number of hydrogen-bond acceptors (Lipinski definition) is 4. The van der Waals surface area contributed by atoms with Crippen molar-refractivity contribution in [3.8, 4) is 44.9 Å². The van der Waals surface area contributed by atoms with Gasteiger partial charge in [-0.25, -0.2) is 0 Å². The molecule has 300 valence electrons. The van der Waals surface area contributed by atoms with Gasteiger partial charge in [-0.2, -0.15) is 0 Å². The Hall–Kier alpha value is -6.89. The number of para-hydroxylation sites is 3. The first-order valence-corrected chi connectivity index (χ1v) is 22.9. The number of anilines is 3. The smallest absolute Gasteiger partial charge is 0.333 e. The zero-order valence-corrected chi connectivity index (χ0v) is 36.5. The van der Waals surface area contributed by atoms with Gasteiger partial charge in [0.2, 0.25) is 0 Å². The van der Waals surface area contributed by atoms with Gasteiger partial charge in [-0.05, 0) is 116 Å². The second kappa shape index (κ2) is 12.2. The van der Waals surface area contributed by atoms with Gasteiger partial charge in [-0.15, -0.1) is 0 Å². The minimum Gasteiger partial charge on any atom is -0.455 e. The highest BCUT2D eigenvalue weighted by Gasteiger charge is 2.49. The molecule has 3 aliphatic heterocycles. The van der Waals surface area contributed by atoms with Crippen molar-refractivity contribution in [3.05, 3.63) is 174 Å². The molecule has 8 aromatic carbocycles. The van der Waals surface area contributed by atoms with Gasteiger partial charge in [0, 0.05) is 44.2 Å². The molecule has 1 aliphatic carbocycles. The fourth-order valence-electron chi connectivity index (χ4n) is 11.5. The Balaban J connectivity index is 1.18. The molecule has 2 aromatic heterocycles. The summed E-state index contributed by atoms with van der Waals surface area (Å²) < 4.78 is 16.4. The van der Waals surface area contributed by atoms with E-state index in [0.717, 1.165) is 60.1 Å². The highest BCUT2D eigenvalue weighted by Crippen LogP contribution is 2.58. The van der Waals surface area contributed by atoms with Crippen LogP contribution in [0.1, 0.15) is 51.3 Å². The van der Waals surface area contributed by atoms with Crippen LogP contribution in [0.2, 0.25) is 0 Å². The van der Waals surface area contributed by atoms with Crippen molar-refractivity contribution in [1.82, 2.24) is 4.48 Å². The molecule has 0 N–H and O–H groups in total. The summed E-state index contributed by atoms with van der Waals surface area (Å²) in [6, 6.07) is 58.4. The normalized spacial score (nSPS) is 14.9. The van der Waals surface area contributed by atoms with E-state index in [1.54, 1.807) is 11.8 Å². The van der Waals surface area contributed by atoms with Gasteiger partial charge in [0.25, 0.3) is 0 Å². The van der Waals surface area contributed by atoms with E-state index < -0.39 is 0 Å². The molecule has 0 unspecified atom stereocenters. The van der Waals surface area contributed by atoms with Crippen LogP contribution < -0.4 is 20.6 Å². The lowest BCUT2D eigenvalue weighted by atomic mass is 9.44. The predicted octanol–water partition coefficient (Wildman–Crippen LogP) is 14.5. The van der Waals surface area contributed by atoms with E-state index in [1.165, 1.54) is 72.2 Å². The molecule has 0 bridgehead atoms. The van der Waals surface area contributed by atoms with Gasteiger partial charge in [-0.3, -0.25) is 0 Å². The lowest BCUT2D eigenvalue weighted by Gasteiger charge is -2.43. The third-order valence-corrected chi connectivity index (χ3v) is 15.4. The molecule has 6 heteroatoms. The predicted molar refractivity (Wildman–Crippen MR) is 262 cm³/mol. The van der Waals surface area contributed by atoms with Crippen LogP contribution in [0.3, 0.4) is 0 Å². The van der Waals surface area contributed by atoms with Crippen molar-refractivity contribution in [1.29, 1.82) is 0 Å². The summed E-state index contributed by atoms with van der Waals surface area (Å²) in [6.45, 7) is 11.6. The van der Waals surface area contributed by atoms with Crippen LogP contribution in [0.15, 0.2) is 172 Å². The third kappa shape index (κ3) is 4.64. The number of ether oxygens (including phenoxy) is 1. The quantitative estimate of drug-likeness (QED) is 0.162. The number of aromatic nitrogens is 1. The van der Waals surface area contributed by atoms with Gasteiger partial charge in [0.1, 0.15) is 17.1 Å². The van der Waals surface area contributed by atoms with E-state index in [1.807, 2.05) is 0 Å². The largest absolute Gasteiger partial charge is 0.455 e. The summed E-state index contributed by atoms with van der Waals surface area (Å²) >= 11 is 1.79. The molecule has 0 fully saturated rings. The molecule has 0 saturated carbocycles. The zero-order chi connectivity index (χ0) is 42.1. The van der Waals surface area contributed by atoms with E-state index in [2.05, 4.69) is 202 Å². The fraction of sp³-hybridized carbons (Fsp3) is 0.123. The Kier molecular flexibility index (Phi) is 6.90. The Morgan fingerprint density at radius 1 is 0.587 bits per heavy atom. The summed E-state index contributed by atoms with van der Waals surface area (Å²) in [5, 5.41) is 2.27. The van der Waals surface area contributed by atoms with E-state index >= 15 is 0 Å². The lowest BCUT2D eigenvalue weighted by Crippen LogP contribution is -2.57. The molecule has 0 atom stereocenters. The number of furan rings is 1. The Bertz CT molecular complexity index is 3670. The van der Waals surface area contributed by atoms with Crippen molar-refractivity contribution in [3.63, 3.8) is 0 Å². The maximum Gasteiger partial charge on any atom is 0.333 e. The highest BCUT2D eigenvalue weighted by molar-refractivity contribution is 7.99. The Morgan fingerprint density at radius 3 is 2.22 bits per heavy atom. The SMILES string of the molecule is CC(C)(C)c1ccc(N2c3cc4c(cc3B3c5c2cc2c(c5-c5cccc6c7oc8ccccc8c7n3c56)C(C)(C)c3ccccc3-2)Oc2ccccc2S4)c(-c2ccccc2)c1. The molecule has 63 heavy (non-hydrogen) atoms. The van der Waals surface area contributed by atoms with E-state index in [4.69, 9.17) is 9.15 Å². The van der Waals surface area contributed by atoms with Gasteiger partial charge in [-0.1, -0.05) is 143 Å². The van der Waals surface area contributed by atoms with Crippen LogP contribution in [0.5, 0.6) is 11.5 Å². The summed E-state index contributed by atoms with van der Waals surface area (Å²) in [4.78, 5) is 4.83. The van der Waals surface area contributed by atoms with E-state index in [9.17, 15) is 0 Å². The number of fused-ring (bicyclic) bond motifs is 15. The molecule has 10 aromatic rings. The molecular weight excluding hydrogens is 788 g/mol. The zero-order valence-electron chi connectivity index (χ0n) is 35.7. The van der Waals surface area contributed by atoms with Crippen molar-refractivity contribution >= 4 is 79.6 Å². The summed E-state index contributed by atoms with van der Waals surface area (Å²) in [7, 11) is 0. The highest BCUT2D eigenvalue weighted by atomic mass is 32.2. The van der Waals surface area contributed by atoms with E-state index in [-0.39, 0.29) is 17.7 Å². The monoisotopic (exact) mass is 828 g/mol. The van der Waals surface area contributed by atoms with Crippen molar-refractivity contribution in [2.75, 3.05) is 4.90 Å².